The number of rotatable bonds is 5. The van der Waals surface area contributed by atoms with Gasteiger partial charge in [-0.3, -0.25) is 4.98 Å². The maximum absolute atomic E-state index is 6.13. The van der Waals surface area contributed by atoms with Gasteiger partial charge in [0.2, 0.25) is 0 Å². The van der Waals surface area contributed by atoms with Gasteiger partial charge in [0, 0.05) is 18.4 Å². The number of nitrogens with zero attached hydrogens (tertiary/aromatic N) is 1. The fraction of sp³-hybridized carbons (Fsp3) is 0.267. The molecule has 1 unspecified atom stereocenters. The largest absolute Gasteiger partial charge is 0.327 e. The summed E-state index contributed by atoms with van der Waals surface area (Å²) in [5.74, 6) is 0. The molecule has 1 heterocycles. The van der Waals surface area contributed by atoms with Crippen molar-refractivity contribution in [1.29, 1.82) is 0 Å². The molecule has 2 nitrogen and oxygen atoms in total. The molecular weight excluding hydrogens is 208 g/mol. The molecule has 1 aromatic carbocycles. The SMILES string of the molecule is NC(CCc1ccccc1)Cc1cccnc1. The molecule has 2 heteroatoms. The Bertz CT molecular complexity index is 425. The lowest BCUT2D eigenvalue weighted by Crippen LogP contribution is -2.23. The predicted octanol–water partition coefficient (Wildman–Crippen LogP) is 2.58. The van der Waals surface area contributed by atoms with E-state index in [1.165, 1.54) is 11.1 Å². The molecule has 1 atom stereocenters. The first-order valence-electron chi connectivity index (χ1n) is 6.03. The van der Waals surface area contributed by atoms with Gasteiger partial charge >= 0.3 is 0 Å². The number of aryl methyl sites for hydroxylation is 1. The van der Waals surface area contributed by atoms with Crippen LogP contribution in [0.3, 0.4) is 0 Å². The van der Waals surface area contributed by atoms with E-state index in [1.54, 1.807) is 6.20 Å². The Kier molecular flexibility index (Phi) is 4.28. The van der Waals surface area contributed by atoms with Crippen molar-refractivity contribution in [2.45, 2.75) is 25.3 Å². The Morgan fingerprint density at radius 2 is 1.76 bits per heavy atom. The summed E-state index contributed by atoms with van der Waals surface area (Å²) in [5.41, 5.74) is 8.70. The normalized spacial score (nSPS) is 12.3. The fourth-order valence-corrected chi connectivity index (χ4v) is 1.92. The highest BCUT2D eigenvalue weighted by molar-refractivity contribution is 5.15. The standard InChI is InChI=1S/C15H18N2/c16-15(11-14-7-4-10-17-12-14)9-8-13-5-2-1-3-6-13/h1-7,10,12,15H,8-9,11,16H2. The Morgan fingerprint density at radius 1 is 1.00 bits per heavy atom. The molecule has 2 N–H and O–H groups in total. The molecule has 0 aliphatic heterocycles. The molecule has 2 aromatic rings. The third kappa shape index (κ3) is 4.00. The Balaban J connectivity index is 1.80. The van der Waals surface area contributed by atoms with Gasteiger partial charge in [0.15, 0.2) is 0 Å². The zero-order valence-corrected chi connectivity index (χ0v) is 9.92. The quantitative estimate of drug-likeness (QED) is 0.851. The minimum atomic E-state index is 0.208. The lowest BCUT2D eigenvalue weighted by molar-refractivity contribution is 0.609. The highest BCUT2D eigenvalue weighted by atomic mass is 14.6. The Hall–Kier alpha value is -1.67. The van der Waals surface area contributed by atoms with Crippen LogP contribution in [0, 0.1) is 0 Å². The summed E-state index contributed by atoms with van der Waals surface area (Å²) >= 11 is 0. The van der Waals surface area contributed by atoms with E-state index in [9.17, 15) is 0 Å². The maximum Gasteiger partial charge on any atom is 0.0300 e. The van der Waals surface area contributed by atoms with Gasteiger partial charge in [-0.15, -0.1) is 0 Å². The highest BCUT2D eigenvalue weighted by Crippen LogP contribution is 2.07. The summed E-state index contributed by atoms with van der Waals surface area (Å²) in [6, 6.07) is 14.7. The van der Waals surface area contributed by atoms with Gasteiger partial charge in [-0.2, -0.15) is 0 Å². The zero-order chi connectivity index (χ0) is 11.9. The maximum atomic E-state index is 6.13. The monoisotopic (exact) mass is 226 g/mol. The van der Waals surface area contributed by atoms with Crippen molar-refractivity contribution in [3.8, 4) is 0 Å². The molecule has 0 amide bonds. The lowest BCUT2D eigenvalue weighted by Gasteiger charge is -2.11. The van der Waals surface area contributed by atoms with Crippen molar-refractivity contribution in [3.63, 3.8) is 0 Å². The molecule has 1 aromatic heterocycles. The van der Waals surface area contributed by atoms with Gasteiger partial charge < -0.3 is 5.73 Å². The second-order valence-electron chi connectivity index (χ2n) is 4.35. The fourth-order valence-electron chi connectivity index (χ4n) is 1.92. The van der Waals surface area contributed by atoms with Gasteiger partial charge in [-0.25, -0.2) is 0 Å². The lowest BCUT2D eigenvalue weighted by atomic mass is 10.0. The van der Waals surface area contributed by atoms with Gasteiger partial charge in [-0.05, 0) is 36.5 Å². The summed E-state index contributed by atoms with van der Waals surface area (Å²) < 4.78 is 0. The van der Waals surface area contributed by atoms with Crippen LogP contribution in [-0.4, -0.2) is 11.0 Å². The minimum Gasteiger partial charge on any atom is -0.327 e. The first-order valence-corrected chi connectivity index (χ1v) is 6.03. The second-order valence-corrected chi connectivity index (χ2v) is 4.35. The van der Waals surface area contributed by atoms with E-state index in [0.29, 0.717) is 0 Å². The summed E-state index contributed by atoms with van der Waals surface area (Å²) in [7, 11) is 0. The van der Waals surface area contributed by atoms with Crippen LogP contribution >= 0.6 is 0 Å². The van der Waals surface area contributed by atoms with Crippen molar-refractivity contribution >= 4 is 0 Å². The van der Waals surface area contributed by atoms with Crippen LogP contribution in [0.4, 0.5) is 0 Å². The molecule has 0 saturated heterocycles. The summed E-state index contributed by atoms with van der Waals surface area (Å²) in [5, 5.41) is 0. The van der Waals surface area contributed by atoms with Gasteiger partial charge in [0.05, 0.1) is 0 Å². The van der Waals surface area contributed by atoms with E-state index in [0.717, 1.165) is 19.3 Å². The molecule has 0 aliphatic carbocycles. The summed E-state index contributed by atoms with van der Waals surface area (Å²) in [6.45, 7) is 0. The zero-order valence-electron chi connectivity index (χ0n) is 9.92. The second kappa shape index (κ2) is 6.16. The van der Waals surface area contributed by atoms with Crippen LogP contribution in [0.5, 0.6) is 0 Å². The van der Waals surface area contributed by atoms with E-state index >= 15 is 0 Å². The number of pyridine rings is 1. The van der Waals surface area contributed by atoms with Crippen molar-refractivity contribution in [3.05, 3.63) is 66.0 Å². The smallest absolute Gasteiger partial charge is 0.0300 e. The summed E-state index contributed by atoms with van der Waals surface area (Å²) in [4.78, 5) is 4.10. The number of aromatic nitrogens is 1. The van der Waals surface area contributed by atoms with Crippen LogP contribution in [0.2, 0.25) is 0 Å². The van der Waals surface area contributed by atoms with Gasteiger partial charge in [0.1, 0.15) is 0 Å². The molecular formula is C15H18N2. The molecule has 0 saturated carbocycles. The van der Waals surface area contributed by atoms with Crippen LogP contribution in [-0.2, 0) is 12.8 Å². The van der Waals surface area contributed by atoms with E-state index in [2.05, 4.69) is 35.3 Å². The van der Waals surface area contributed by atoms with Crippen LogP contribution in [0.25, 0.3) is 0 Å². The van der Waals surface area contributed by atoms with Crippen molar-refractivity contribution in [2.75, 3.05) is 0 Å². The predicted molar refractivity (Wildman–Crippen MR) is 70.7 cm³/mol. The van der Waals surface area contributed by atoms with Crippen molar-refractivity contribution < 1.29 is 0 Å². The average Bonchev–Trinajstić information content (AvgIpc) is 2.39. The first-order chi connectivity index (χ1) is 8.34. The van der Waals surface area contributed by atoms with Crippen molar-refractivity contribution in [2.24, 2.45) is 5.73 Å². The number of benzene rings is 1. The van der Waals surface area contributed by atoms with Gasteiger partial charge in [0.25, 0.3) is 0 Å². The Morgan fingerprint density at radius 3 is 2.47 bits per heavy atom. The molecule has 88 valence electrons. The van der Waals surface area contributed by atoms with E-state index in [4.69, 9.17) is 5.73 Å². The molecule has 0 radical (unpaired) electrons. The molecule has 0 fully saturated rings. The van der Waals surface area contributed by atoms with Crippen molar-refractivity contribution in [1.82, 2.24) is 4.98 Å². The highest BCUT2D eigenvalue weighted by Gasteiger charge is 2.04. The third-order valence-electron chi connectivity index (χ3n) is 2.87. The van der Waals surface area contributed by atoms with Gasteiger partial charge in [-0.1, -0.05) is 36.4 Å². The molecule has 0 aliphatic rings. The molecule has 0 spiro atoms. The topological polar surface area (TPSA) is 38.9 Å². The molecule has 0 bridgehead atoms. The minimum absolute atomic E-state index is 0.208. The first kappa shape index (κ1) is 11.8. The number of hydrogen-bond donors (Lipinski definition) is 1. The number of nitrogens with two attached hydrogens (primary N) is 1. The van der Waals surface area contributed by atoms with E-state index in [1.807, 2.05) is 18.3 Å². The number of hydrogen-bond acceptors (Lipinski definition) is 2. The van der Waals surface area contributed by atoms with Crippen LogP contribution in [0.15, 0.2) is 54.9 Å². The van der Waals surface area contributed by atoms with E-state index < -0.39 is 0 Å². The van der Waals surface area contributed by atoms with Crippen LogP contribution < -0.4 is 5.73 Å². The average molecular weight is 226 g/mol. The van der Waals surface area contributed by atoms with E-state index in [-0.39, 0.29) is 6.04 Å². The van der Waals surface area contributed by atoms with Crippen LogP contribution in [0.1, 0.15) is 17.5 Å². The third-order valence-corrected chi connectivity index (χ3v) is 2.87. The summed E-state index contributed by atoms with van der Waals surface area (Å²) in [6.07, 6.45) is 6.64. The molecule has 2 rings (SSSR count). The Labute approximate surface area is 103 Å². The molecule has 17 heavy (non-hydrogen) atoms.